The summed E-state index contributed by atoms with van der Waals surface area (Å²) in [6.45, 7) is 2.53. The monoisotopic (exact) mass is 327 g/mol. The minimum Gasteiger partial charge on any atom is -0.323 e. The Kier molecular flexibility index (Phi) is 6.14. The molecule has 1 aromatic carbocycles. The summed E-state index contributed by atoms with van der Waals surface area (Å²) in [5.74, 6) is 1.18. The van der Waals surface area contributed by atoms with E-state index in [4.69, 9.17) is 0 Å². The molecule has 120 valence electrons. The molecular formula is C14H18FN3O3S. The molecule has 1 N–H and O–H groups in total. The van der Waals surface area contributed by atoms with Crippen LogP contribution in [0.5, 0.6) is 0 Å². The third-order valence-electron chi connectivity index (χ3n) is 3.40. The van der Waals surface area contributed by atoms with E-state index in [1.807, 2.05) is 11.8 Å². The van der Waals surface area contributed by atoms with Gasteiger partial charge in [0.25, 0.3) is 5.69 Å². The van der Waals surface area contributed by atoms with Crippen molar-refractivity contribution in [3.8, 4) is 0 Å². The zero-order valence-electron chi connectivity index (χ0n) is 12.1. The smallest absolute Gasteiger partial charge is 0.271 e. The zero-order valence-corrected chi connectivity index (χ0v) is 12.9. The van der Waals surface area contributed by atoms with Gasteiger partial charge in [0.2, 0.25) is 5.91 Å². The number of carbonyl (C=O) groups is 1. The molecule has 0 saturated carbocycles. The molecule has 1 fully saturated rings. The van der Waals surface area contributed by atoms with Crippen molar-refractivity contribution in [1.82, 2.24) is 4.90 Å². The molecule has 8 heteroatoms. The molecule has 0 bridgehead atoms. The molecule has 1 heterocycles. The molecule has 1 amide bonds. The predicted octanol–water partition coefficient (Wildman–Crippen LogP) is 2.50. The highest BCUT2D eigenvalue weighted by Crippen LogP contribution is 2.21. The van der Waals surface area contributed by atoms with Gasteiger partial charge < -0.3 is 10.2 Å². The van der Waals surface area contributed by atoms with E-state index in [0.717, 1.165) is 49.2 Å². The van der Waals surface area contributed by atoms with Gasteiger partial charge in [-0.05, 0) is 24.8 Å². The molecule has 0 aliphatic carbocycles. The number of halogens is 1. The fraction of sp³-hybridized carbons (Fsp3) is 0.500. The number of nitro benzene ring substituents is 1. The third kappa shape index (κ3) is 4.96. The van der Waals surface area contributed by atoms with Crippen LogP contribution in [0.15, 0.2) is 18.2 Å². The zero-order chi connectivity index (χ0) is 15.9. The van der Waals surface area contributed by atoms with E-state index in [2.05, 4.69) is 10.2 Å². The van der Waals surface area contributed by atoms with Crippen LogP contribution in [0.4, 0.5) is 15.8 Å². The van der Waals surface area contributed by atoms with Crippen LogP contribution < -0.4 is 5.32 Å². The molecule has 0 atom stereocenters. The van der Waals surface area contributed by atoms with Crippen molar-refractivity contribution in [2.75, 3.05) is 36.5 Å². The number of rotatable bonds is 5. The summed E-state index contributed by atoms with van der Waals surface area (Å²) in [6.07, 6.45) is 1.35. The highest BCUT2D eigenvalue weighted by atomic mass is 32.2. The summed E-state index contributed by atoms with van der Waals surface area (Å²) in [6, 6.07) is 3.09. The van der Waals surface area contributed by atoms with E-state index in [1.54, 1.807) is 0 Å². The Labute approximate surface area is 132 Å². The highest BCUT2D eigenvalue weighted by Gasteiger charge is 2.15. The van der Waals surface area contributed by atoms with Crippen LogP contribution in [-0.2, 0) is 4.79 Å². The third-order valence-corrected chi connectivity index (χ3v) is 4.45. The number of non-ortho nitro benzene ring substituents is 1. The first-order valence-electron chi connectivity index (χ1n) is 7.10. The maximum absolute atomic E-state index is 13.6. The highest BCUT2D eigenvalue weighted by molar-refractivity contribution is 7.99. The van der Waals surface area contributed by atoms with Crippen molar-refractivity contribution in [2.24, 2.45) is 0 Å². The fourth-order valence-electron chi connectivity index (χ4n) is 2.22. The summed E-state index contributed by atoms with van der Waals surface area (Å²) >= 11 is 1.91. The first kappa shape index (κ1) is 16.7. The molecule has 1 aliphatic rings. The van der Waals surface area contributed by atoms with E-state index >= 15 is 0 Å². The topological polar surface area (TPSA) is 75.5 Å². The number of benzene rings is 1. The van der Waals surface area contributed by atoms with Gasteiger partial charge in [-0.15, -0.1) is 0 Å². The van der Waals surface area contributed by atoms with E-state index in [9.17, 15) is 19.3 Å². The maximum Gasteiger partial charge on any atom is 0.271 e. The number of hydrogen-bond donors (Lipinski definition) is 1. The first-order chi connectivity index (χ1) is 10.6. The Hall–Kier alpha value is -1.67. The Morgan fingerprint density at radius 1 is 1.41 bits per heavy atom. The van der Waals surface area contributed by atoms with Crippen LogP contribution in [0, 0.1) is 15.9 Å². The van der Waals surface area contributed by atoms with Crippen LogP contribution in [0.2, 0.25) is 0 Å². The lowest BCUT2D eigenvalue weighted by molar-refractivity contribution is -0.384. The standard InChI is InChI=1S/C14H18FN3O3S/c15-12-3-2-11(18(20)21)10-13(12)16-14(19)4-6-17-5-1-8-22-9-7-17/h2-3,10H,1,4-9H2,(H,16,19). The minimum atomic E-state index is -0.676. The number of carbonyl (C=O) groups excluding carboxylic acids is 1. The molecule has 1 aromatic rings. The number of anilines is 1. The molecule has 22 heavy (non-hydrogen) atoms. The Morgan fingerprint density at radius 2 is 2.23 bits per heavy atom. The number of nitrogens with zero attached hydrogens (tertiary/aromatic N) is 2. The van der Waals surface area contributed by atoms with Gasteiger partial charge in [-0.2, -0.15) is 11.8 Å². The van der Waals surface area contributed by atoms with Gasteiger partial charge in [0.1, 0.15) is 5.82 Å². The Bertz CT molecular complexity index is 548. The first-order valence-corrected chi connectivity index (χ1v) is 8.25. The van der Waals surface area contributed by atoms with Gasteiger partial charge in [0.15, 0.2) is 0 Å². The van der Waals surface area contributed by atoms with Gasteiger partial charge in [0.05, 0.1) is 10.6 Å². The summed E-state index contributed by atoms with van der Waals surface area (Å²) in [7, 11) is 0. The molecule has 1 aliphatic heterocycles. The van der Waals surface area contributed by atoms with Gasteiger partial charge in [0, 0.05) is 37.4 Å². The molecular weight excluding hydrogens is 309 g/mol. The lowest BCUT2D eigenvalue weighted by Crippen LogP contribution is -2.30. The summed E-state index contributed by atoms with van der Waals surface area (Å²) < 4.78 is 13.6. The average Bonchev–Trinajstić information content (AvgIpc) is 2.76. The van der Waals surface area contributed by atoms with Crippen LogP contribution in [0.1, 0.15) is 12.8 Å². The Balaban J connectivity index is 1.88. The summed E-state index contributed by atoms with van der Waals surface area (Å²) in [5.41, 5.74) is -0.396. The van der Waals surface area contributed by atoms with Crippen molar-refractivity contribution in [2.45, 2.75) is 12.8 Å². The van der Waals surface area contributed by atoms with E-state index in [1.165, 1.54) is 0 Å². The second kappa shape index (κ2) is 8.09. The van der Waals surface area contributed by atoms with Gasteiger partial charge in [-0.25, -0.2) is 4.39 Å². The fourth-order valence-corrected chi connectivity index (χ4v) is 3.14. The minimum absolute atomic E-state index is 0.148. The summed E-state index contributed by atoms with van der Waals surface area (Å²) in [4.78, 5) is 24.2. The van der Waals surface area contributed by atoms with E-state index in [0.29, 0.717) is 6.54 Å². The molecule has 6 nitrogen and oxygen atoms in total. The average molecular weight is 327 g/mol. The van der Waals surface area contributed by atoms with Gasteiger partial charge in [-0.1, -0.05) is 0 Å². The van der Waals surface area contributed by atoms with E-state index < -0.39 is 10.7 Å². The van der Waals surface area contributed by atoms with Crippen molar-refractivity contribution < 1.29 is 14.1 Å². The largest absolute Gasteiger partial charge is 0.323 e. The molecule has 1 saturated heterocycles. The van der Waals surface area contributed by atoms with Crippen LogP contribution in [0.25, 0.3) is 0 Å². The van der Waals surface area contributed by atoms with Crippen LogP contribution >= 0.6 is 11.8 Å². The lowest BCUT2D eigenvalue weighted by atomic mass is 10.2. The number of nitrogens with one attached hydrogen (secondary N) is 1. The van der Waals surface area contributed by atoms with Crippen molar-refractivity contribution in [3.05, 3.63) is 34.1 Å². The number of amides is 1. The second-order valence-corrected chi connectivity index (χ2v) is 6.25. The lowest BCUT2D eigenvalue weighted by Gasteiger charge is -2.18. The second-order valence-electron chi connectivity index (χ2n) is 5.03. The van der Waals surface area contributed by atoms with Crippen LogP contribution in [-0.4, -0.2) is 46.9 Å². The SMILES string of the molecule is O=C(CCN1CCCSCC1)Nc1cc([N+](=O)[O-])ccc1F. The Morgan fingerprint density at radius 3 is 3.00 bits per heavy atom. The quantitative estimate of drug-likeness (QED) is 0.664. The molecule has 0 spiro atoms. The maximum atomic E-state index is 13.6. The molecule has 0 radical (unpaired) electrons. The normalized spacial score (nSPS) is 16.0. The van der Waals surface area contributed by atoms with Gasteiger partial charge in [-0.3, -0.25) is 14.9 Å². The molecule has 0 unspecified atom stereocenters. The van der Waals surface area contributed by atoms with Crippen molar-refractivity contribution in [3.63, 3.8) is 0 Å². The molecule has 0 aromatic heterocycles. The number of hydrogen-bond acceptors (Lipinski definition) is 5. The predicted molar refractivity (Wildman–Crippen MR) is 84.7 cm³/mol. The summed E-state index contributed by atoms with van der Waals surface area (Å²) in [5, 5.41) is 13.1. The van der Waals surface area contributed by atoms with Crippen molar-refractivity contribution in [1.29, 1.82) is 0 Å². The molecule has 2 rings (SSSR count). The van der Waals surface area contributed by atoms with E-state index in [-0.39, 0.29) is 23.7 Å². The van der Waals surface area contributed by atoms with Gasteiger partial charge >= 0.3 is 0 Å². The number of thioether (sulfide) groups is 1. The van der Waals surface area contributed by atoms with Crippen molar-refractivity contribution >= 4 is 29.0 Å². The van der Waals surface area contributed by atoms with Crippen LogP contribution in [0.3, 0.4) is 0 Å². The number of nitro groups is 1.